The van der Waals surface area contributed by atoms with Gasteiger partial charge in [0.05, 0.1) is 5.56 Å². The Balaban J connectivity index is 0.00000147. The minimum atomic E-state index is -0.0509. The third-order valence-corrected chi connectivity index (χ3v) is 4.21. The van der Waals surface area contributed by atoms with Gasteiger partial charge >= 0.3 is 0 Å². The van der Waals surface area contributed by atoms with E-state index in [2.05, 4.69) is 5.32 Å². The molecule has 2 aliphatic rings. The molecule has 4 nitrogen and oxygen atoms in total. The van der Waals surface area contributed by atoms with Gasteiger partial charge in [0.1, 0.15) is 0 Å². The maximum Gasteiger partial charge on any atom is 0.254 e. The van der Waals surface area contributed by atoms with E-state index in [1.807, 2.05) is 11.0 Å². The average Bonchev–Trinajstić information content (AvgIpc) is 2.98. The van der Waals surface area contributed by atoms with Gasteiger partial charge in [0.2, 0.25) is 0 Å². The number of fused-ring (bicyclic) bond motifs is 1. The standard InChI is InChI=1S/C15H18N2O2.ClH/c1-10(18)13-4-2-3-5-14(13)15(19)17-8-11-6-16-7-12(11)9-17;/h2-5,11-12,16H,6-9H2,1H3;1H/t11-,12+;. The fraction of sp³-hybridized carbons (Fsp3) is 0.467. The normalized spacial score (nSPS) is 24.1. The number of likely N-dealkylation sites (tertiary alicyclic amines) is 1. The first kappa shape index (κ1) is 15.0. The van der Waals surface area contributed by atoms with E-state index < -0.39 is 0 Å². The number of halogens is 1. The summed E-state index contributed by atoms with van der Waals surface area (Å²) in [7, 11) is 0. The van der Waals surface area contributed by atoms with E-state index in [-0.39, 0.29) is 24.1 Å². The van der Waals surface area contributed by atoms with E-state index >= 15 is 0 Å². The van der Waals surface area contributed by atoms with E-state index in [9.17, 15) is 9.59 Å². The highest BCUT2D eigenvalue weighted by molar-refractivity contribution is 6.07. The van der Waals surface area contributed by atoms with Gasteiger partial charge in [0, 0.05) is 31.7 Å². The lowest BCUT2D eigenvalue weighted by atomic mass is 10.0. The molecule has 3 rings (SSSR count). The number of ketones is 1. The Morgan fingerprint density at radius 2 is 1.65 bits per heavy atom. The second kappa shape index (κ2) is 5.94. The van der Waals surface area contributed by atoms with Crippen LogP contribution in [0.2, 0.25) is 0 Å². The topological polar surface area (TPSA) is 49.4 Å². The molecule has 108 valence electrons. The fourth-order valence-corrected chi connectivity index (χ4v) is 3.17. The monoisotopic (exact) mass is 294 g/mol. The molecule has 0 spiro atoms. The fourth-order valence-electron chi connectivity index (χ4n) is 3.17. The Kier molecular flexibility index (Phi) is 4.45. The maximum atomic E-state index is 12.6. The molecular formula is C15H19ClN2O2. The van der Waals surface area contributed by atoms with Crippen molar-refractivity contribution in [2.24, 2.45) is 11.8 Å². The summed E-state index contributed by atoms with van der Waals surface area (Å²) >= 11 is 0. The lowest BCUT2D eigenvalue weighted by Gasteiger charge is -2.18. The van der Waals surface area contributed by atoms with Gasteiger partial charge in [0.15, 0.2) is 5.78 Å². The molecule has 2 aliphatic heterocycles. The molecule has 1 aromatic rings. The van der Waals surface area contributed by atoms with Gasteiger partial charge in [-0.2, -0.15) is 0 Å². The molecule has 0 radical (unpaired) electrons. The summed E-state index contributed by atoms with van der Waals surface area (Å²) in [5.41, 5.74) is 1.07. The highest BCUT2D eigenvalue weighted by atomic mass is 35.5. The van der Waals surface area contributed by atoms with Crippen LogP contribution in [0.15, 0.2) is 24.3 Å². The van der Waals surface area contributed by atoms with Gasteiger partial charge in [-0.15, -0.1) is 12.4 Å². The summed E-state index contributed by atoms with van der Waals surface area (Å²) < 4.78 is 0. The number of Topliss-reactive ketones (excluding diaryl/α,β-unsaturated/α-hetero) is 1. The quantitative estimate of drug-likeness (QED) is 0.843. The van der Waals surface area contributed by atoms with Gasteiger partial charge < -0.3 is 10.2 Å². The SMILES string of the molecule is CC(=O)c1ccccc1C(=O)N1C[C@H]2CNC[C@H]2C1.Cl. The van der Waals surface area contributed by atoms with Crippen molar-refractivity contribution in [1.82, 2.24) is 10.2 Å². The molecule has 2 saturated heterocycles. The van der Waals surface area contributed by atoms with E-state index in [0.717, 1.165) is 26.2 Å². The molecule has 2 heterocycles. The molecular weight excluding hydrogens is 276 g/mol. The number of hydrogen-bond acceptors (Lipinski definition) is 3. The number of rotatable bonds is 2. The number of nitrogens with zero attached hydrogens (tertiary/aromatic N) is 1. The molecule has 0 aromatic heterocycles. The van der Waals surface area contributed by atoms with Gasteiger partial charge in [-0.1, -0.05) is 18.2 Å². The lowest BCUT2D eigenvalue weighted by Crippen LogP contribution is -2.32. The van der Waals surface area contributed by atoms with Crippen LogP contribution in [0.1, 0.15) is 27.6 Å². The van der Waals surface area contributed by atoms with Gasteiger partial charge in [-0.05, 0) is 24.8 Å². The Labute approximate surface area is 124 Å². The van der Waals surface area contributed by atoms with E-state index in [1.165, 1.54) is 6.92 Å². The summed E-state index contributed by atoms with van der Waals surface area (Å²) in [6.07, 6.45) is 0. The van der Waals surface area contributed by atoms with Crippen molar-refractivity contribution in [1.29, 1.82) is 0 Å². The molecule has 1 aromatic carbocycles. The zero-order chi connectivity index (χ0) is 13.4. The Morgan fingerprint density at radius 3 is 2.20 bits per heavy atom. The van der Waals surface area contributed by atoms with Gasteiger partial charge in [-0.25, -0.2) is 0 Å². The third-order valence-electron chi connectivity index (χ3n) is 4.21. The van der Waals surface area contributed by atoms with Crippen LogP contribution in [0.25, 0.3) is 0 Å². The van der Waals surface area contributed by atoms with Crippen LogP contribution in [-0.4, -0.2) is 42.8 Å². The number of carbonyl (C=O) groups excluding carboxylic acids is 2. The van der Waals surface area contributed by atoms with Crippen molar-refractivity contribution in [3.63, 3.8) is 0 Å². The minimum Gasteiger partial charge on any atom is -0.338 e. The second-order valence-corrected chi connectivity index (χ2v) is 5.49. The largest absolute Gasteiger partial charge is 0.338 e. The highest BCUT2D eigenvalue weighted by Gasteiger charge is 2.38. The molecule has 20 heavy (non-hydrogen) atoms. The number of hydrogen-bond donors (Lipinski definition) is 1. The van der Waals surface area contributed by atoms with Crippen molar-refractivity contribution in [3.8, 4) is 0 Å². The predicted octanol–water partition coefficient (Wildman–Crippen LogP) is 1.60. The molecule has 1 amide bonds. The molecule has 0 saturated carbocycles. The van der Waals surface area contributed by atoms with Crippen molar-refractivity contribution in [2.45, 2.75) is 6.92 Å². The van der Waals surface area contributed by atoms with Crippen LogP contribution in [0.3, 0.4) is 0 Å². The van der Waals surface area contributed by atoms with Crippen LogP contribution in [0, 0.1) is 11.8 Å². The summed E-state index contributed by atoms with van der Waals surface area (Å²) in [6.45, 7) is 5.13. The Morgan fingerprint density at radius 1 is 1.10 bits per heavy atom. The van der Waals surface area contributed by atoms with E-state index in [0.29, 0.717) is 23.0 Å². The molecule has 0 bridgehead atoms. The molecule has 2 atom stereocenters. The molecule has 0 aliphatic carbocycles. The van der Waals surface area contributed by atoms with E-state index in [1.54, 1.807) is 18.2 Å². The van der Waals surface area contributed by atoms with Crippen LogP contribution in [-0.2, 0) is 0 Å². The lowest BCUT2D eigenvalue weighted by molar-refractivity contribution is 0.0776. The molecule has 1 N–H and O–H groups in total. The average molecular weight is 295 g/mol. The number of carbonyl (C=O) groups is 2. The van der Waals surface area contributed by atoms with E-state index in [4.69, 9.17) is 0 Å². The van der Waals surface area contributed by atoms with Gasteiger partial charge in [0.25, 0.3) is 5.91 Å². The molecule has 0 unspecified atom stereocenters. The van der Waals surface area contributed by atoms with Crippen LogP contribution < -0.4 is 5.32 Å². The first-order valence-electron chi connectivity index (χ1n) is 6.77. The Hall–Kier alpha value is -1.39. The predicted molar refractivity (Wildman–Crippen MR) is 79.4 cm³/mol. The number of benzene rings is 1. The first-order valence-corrected chi connectivity index (χ1v) is 6.77. The summed E-state index contributed by atoms with van der Waals surface area (Å²) in [5.74, 6) is 1.10. The zero-order valence-electron chi connectivity index (χ0n) is 11.5. The minimum absolute atomic E-state index is 0. The molecule has 5 heteroatoms. The number of nitrogens with one attached hydrogen (secondary N) is 1. The first-order chi connectivity index (χ1) is 9.16. The van der Waals surface area contributed by atoms with Crippen LogP contribution in [0.5, 0.6) is 0 Å². The van der Waals surface area contributed by atoms with Gasteiger partial charge in [-0.3, -0.25) is 9.59 Å². The second-order valence-electron chi connectivity index (χ2n) is 5.49. The van der Waals surface area contributed by atoms with Crippen LogP contribution in [0.4, 0.5) is 0 Å². The number of amides is 1. The smallest absolute Gasteiger partial charge is 0.254 e. The summed E-state index contributed by atoms with van der Waals surface area (Å²) in [6, 6.07) is 7.10. The third kappa shape index (κ3) is 2.58. The molecule has 2 fully saturated rings. The van der Waals surface area contributed by atoms with Crippen molar-refractivity contribution in [2.75, 3.05) is 26.2 Å². The highest BCUT2D eigenvalue weighted by Crippen LogP contribution is 2.28. The summed E-state index contributed by atoms with van der Waals surface area (Å²) in [4.78, 5) is 26.1. The summed E-state index contributed by atoms with van der Waals surface area (Å²) in [5, 5.41) is 3.36. The maximum absolute atomic E-state index is 12.6. The zero-order valence-corrected chi connectivity index (χ0v) is 12.3. The van der Waals surface area contributed by atoms with Crippen molar-refractivity contribution < 1.29 is 9.59 Å². The van der Waals surface area contributed by atoms with Crippen molar-refractivity contribution >= 4 is 24.1 Å². The van der Waals surface area contributed by atoms with Crippen molar-refractivity contribution in [3.05, 3.63) is 35.4 Å². The Bertz CT molecular complexity index is 520. The van der Waals surface area contributed by atoms with Crippen LogP contribution >= 0.6 is 12.4 Å².